The van der Waals surface area contributed by atoms with E-state index in [4.69, 9.17) is 0 Å². The van der Waals surface area contributed by atoms with Crippen LogP contribution in [0.3, 0.4) is 0 Å². The first-order valence-electron chi connectivity index (χ1n) is 11.4. The van der Waals surface area contributed by atoms with E-state index in [1.54, 1.807) is 0 Å². The Morgan fingerprint density at radius 1 is 0.419 bits per heavy atom. The molecule has 0 spiro atoms. The topological polar surface area (TPSA) is 0 Å². The van der Waals surface area contributed by atoms with Crippen molar-refractivity contribution in [3.05, 3.63) is 142 Å². The first-order valence-corrected chi connectivity index (χ1v) is 11.4. The lowest BCUT2D eigenvalue weighted by Gasteiger charge is -2.25. The molecule has 0 amide bonds. The zero-order valence-electron chi connectivity index (χ0n) is 19.0. The molecule has 31 heavy (non-hydrogen) atoms. The Hall–Kier alpha value is -3.12. The highest BCUT2D eigenvalue weighted by atomic mass is 14.2. The number of benzene rings is 4. The highest BCUT2D eigenvalue weighted by Gasteiger charge is 2.21. The molecular formula is C31H32. The van der Waals surface area contributed by atoms with Crippen molar-refractivity contribution in [2.45, 2.75) is 45.4 Å². The van der Waals surface area contributed by atoms with Crippen LogP contribution in [0, 0.1) is 6.92 Å². The van der Waals surface area contributed by atoms with E-state index in [1.807, 2.05) is 0 Å². The normalized spacial score (nSPS) is 14.1. The molecule has 0 aliphatic carbocycles. The van der Waals surface area contributed by atoms with Gasteiger partial charge in [-0.2, -0.15) is 0 Å². The Kier molecular flexibility index (Phi) is 6.37. The van der Waals surface area contributed by atoms with Crippen LogP contribution in [0.25, 0.3) is 0 Å². The maximum absolute atomic E-state index is 2.45. The van der Waals surface area contributed by atoms with Crippen molar-refractivity contribution >= 4 is 0 Å². The minimum Gasteiger partial charge on any atom is -0.0622 e. The monoisotopic (exact) mass is 404 g/mol. The van der Waals surface area contributed by atoms with Gasteiger partial charge in [0.1, 0.15) is 0 Å². The van der Waals surface area contributed by atoms with Crippen LogP contribution in [-0.2, 0) is 0 Å². The van der Waals surface area contributed by atoms with E-state index in [-0.39, 0.29) is 0 Å². The Bertz CT molecular complexity index is 1040. The first-order chi connectivity index (χ1) is 15.1. The smallest absolute Gasteiger partial charge is 0.00638 e. The molecule has 0 saturated carbocycles. The largest absolute Gasteiger partial charge is 0.0622 e. The summed E-state index contributed by atoms with van der Waals surface area (Å²) in [7, 11) is 0. The summed E-state index contributed by atoms with van der Waals surface area (Å²) >= 11 is 0. The van der Waals surface area contributed by atoms with Crippen LogP contribution in [0.1, 0.15) is 77.5 Å². The summed E-state index contributed by atoms with van der Waals surface area (Å²) in [6.07, 6.45) is 0. The Morgan fingerprint density at radius 3 is 1.10 bits per heavy atom. The summed E-state index contributed by atoms with van der Waals surface area (Å²) in [4.78, 5) is 0. The summed E-state index contributed by atoms with van der Waals surface area (Å²) in [5.74, 6) is 1.06. The first kappa shape index (κ1) is 21.1. The van der Waals surface area contributed by atoms with E-state index in [2.05, 4.69) is 131 Å². The van der Waals surface area contributed by atoms with Crippen molar-refractivity contribution in [1.82, 2.24) is 0 Å². The van der Waals surface area contributed by atoms with Crippen molar-refractivity contribution in [3.63, 3.8) is 0 Å². The van der Waals surface area contributed by atoms with E-state index in [9.17, 15) is 0 Å². The third-order valence-electron chi connectivity index (χ3n) is 6.84. The SMILES string of the molecule is Cc1c(C(C)c2ccccc2)cc(C(C)c2ccccc2)cc1C(C)c1ccccc1. The van der Waals surface area contributed by atoms with Crippen molar-refractivity contribution in [2.75, 3.05) is 0 Å². The van der Waals surface area contributed by atoms with Gasteiger partial charge in [-0.05, 0) is 45.9 Å². The zero-order chi connectivity index (χ0) is 21.8. The van der Waals surface area contributed by atoms with Crippen LogP contribution in [0.4, 0.5) is 0 Å². The van der Waals surface area contributed by atoms with Gasteiger partial charge >= 0.3 is 0 Å². The third-order valence-corrected chi connectivity index (χ3v) is 6.84. The Morgan fingerprint density at radius 2 is 0.742 bits per heavy atom. The minimum absolute atomic E-state index is 0.352. The maximum atomic E-state index is 2.45. The minimum atomic E-state index is 0.352. The lowest BCUT2D eigenvalue weighted by molar-refractivity contribution is 0.840. The molecule has 0 heterocycles. The van der Waals surface area contributed by atoms with Crippen molar-refractivity contribution in [3.8, 4) is 0 Å². The average molecular weight is 405 g/mol. The van der Waals surface area contributed by atoms with Gasteiger partial charge in [-0.25, -0.2) is 0 Å². The molecular weight excluding hydrogens is 372 g/mol. The number of hydrogen-bond donors (Lipinski definition) is 0. The fourth-order valence-electron chi connectivity index (χ4n) is 4.71. The number of hydrogen-bond acceptors (Lipinski definition) is 0. The van der Waals surface area contributed by atoms with Gasteiger partial charge in [0.05, 0.1) is 0 Å². The maximum Gasteiger partial charge on any atom is 0.00638 e. The molecule has 4 aromatic rings. The molecule has 3 atom stereocenters. The molecule has 0 saturated heterocycles. The lowest BCUT2D eigenvalue weighted by Crippen LogP contribution is -2.08. The molecule has 0 aliphatic rings. The lowest BCUT2D eigenvalue weighted by atomic mass is 9.79. The van der Waals surface area contributed by atoms with Crippen LogP contribution in [-0.4, -0.2) is 0 Å². The Balaban J connectivity index is 1.86. The second-order valence-corrected chi connectivity index (χ2v) is 8.72. The number of rotatable bonds is 6. The molecule has 0 fully saturated rings. The molecule has 0 N–H and O–H groups in total. The molecule has 4 aromatic carbocycles. The Labute approximate surface area is 187 Å². The van der Waals surface area contributed by atoms with E-state index in [0.717, 1.165) is 0 Å². The van der Waals surface area contributed by atoms with Gasteiger partial charge in [-0.3, -0.25) is 0 Å². The zero-order valence-corrected chi connectivity index (χ0v) is 19.0. The van der Waals surface area contributed by atoms with Crippen LogP contribution >= 0.6 is 0 Å². The van der Waals surface area contributed by atoms with Gasteiger partial charge in [0, 0.05) is 17.8 Å². The molecule has 3 unspecified atom stereocenters. The average Bonchev–Trinajstić information content (AvgIpc) is 2.84. The predicted octanol–water partition coefficient (Wildman–Crippen LogP) is 8.45. The van der Waals surface area contributed by atoms with Crippen LogP contribution < -0.4 is 0 Å². The van der Waals surface area contributed by atoms with Gasteiger partial charge in [-0.1, -0.05) is 124 Å². The summed E-state index contributed by atoms with van der Waals surface area (Å²) in [5, 5.41) is 0. The summed E-state index contributed by atoms with van der Waals surface area (Å²) in [6, 6.07) is 37.5. The van der Waals surface area contributed by atoms with Crippen LogP contribution in [0.2, 0.25) is 0 Å². The van der Waals surface area contributed by atoms with Gasteiger partial charge in [0.2, 0.25) is 0 Å². The second kappa shape index (κ2) is 9.35. The third kappa shape index (κ3) is 4.49. The molecule has 4 rings (SSSR count). The van der Waals surface area contributed by atoms with Crippen molar-refractivity contribution in [1.29, 1.82) is 0 Å². The van der Waals surface area contributed by atoms with Crippen molar-refractivity contribution in [2.24, 2.45) is 0 Å². The molecule has 0 radical (unpaired) electrons. The molecule has 0 nitrogen and oxygen atoms in total. The molecule has 156 valence electrons. The van der Waals surface area contributed by atoms with Crippen LogP contribution in [0.5, 0.6) is 0 Å². The summed E-state index contributed by atoms with van der Waals surface area (Å²) in [5.41, 5.74) is 9.78. The van der Waals surface area contributed by atoms with E-state index in [0.29, 0.717) is 17.8 Å². The molecule has 0 heteroatoms. The fraction of sp³-hybridized carbons (Fsp3) is 0.226. The summed E-state index contributed by atoms with van der Waals surface area (Å²) < 4.78 is 0. The quantitative estimate of drug-likeness (QED) is 0.302. The predicted molar refractivity (Wildman–Crippen MR) is 133 cm³/mol. The van der Waals surface area contributed by atoms with Gasteiger partial charge in [-0.15, -0.1) is 0 Å². The van der Waals surface area contributed by atoms with E-state index < -0.39 is 0 Å². The molecule has 0 aliphatic heterocycles. The standard InChI is InChI=1S/C31H32/c1-22(26-14-8-5-9-15-26)29-20-30(23(2)27-16-10-6-11-17-27)25(4)31(21-29)24(3)28-18-12-7-13-19-28/h5-24H,1-4H3. The van der Waals surface area contributed by atoms with Gasteiger partial charge in [0.15, 0.2) is 0 Å². The highest BCUT2D eigenvalue weighted by Crippen LogP contribution is 2.37. The van der Waals surface area contributed by atoms with E-state index >= 15 is 0 Å². The summed E-state index contributed by atoms with van der Waals surface area (Å²) in [6.45, 7) is 9.31. The highest BCUT2D eigenvalue weighted by molar-refractivity contribution is 5.50. The van der Waals surface area contributed by atoms with Gasteiger partial charge in [0.25, 0.3) is 0 Å². The molecule has 0 aromatic heterocycles. The van der Waals surface area contributed by atoms with E-state index in [1.165, 1.54) is 38.9 Å². The fourth-order valence-corrected chi connectivity index (χ4v) is 4.71. The van der Waals surface area contributed by atoms with Crippen LogP contribution in [0.15, 0.2) is 103 Å². The second-order valence-electron chi connectivity index (χ2n) is 8.72. The van der Waals surface area contributed by atoms with Crippen molar-refractivity contribution < 1.29 is 0 Å². The van der Waals surface area contributed by atoms with Gasteiger partial charge < -0.3 is 0 Å². The molecule has 0 bridgehead atoms.